The second-order valence-electron chi connectivity index (χ2n) is 4.53. The van der Waals surface area contributed by atoms with Crippen molar-refractivity contribution >= 4 is 11.2 Å². The first kappa shape index (κ1) is 14.5. The van der Waals surface area contributed by atoms with Crippen molar-refractivity contribution in [1.82, 2.24) is 15.0 Å². The molecule has 0 atom stereocenters. The van der Waals surface area contributed by atoms with Crippen LogP contribution in [0.2, 0.25) is 0 Å². The van der Waals surface area contributed by atoms with Crippen LogP contribution in [0.4, 0.5) is 13.2 Å². The average Bonchev–Trinajstić information content (AvgIpc) is 2.90. The number of fused-ring (bicyclic) bond motifs is 1. The Kier molecular flexibility index (Phi) is 3.53. The third kappa shape index (κ3) is 2.64. The molecule has 0 N–H and O–H groups in total. The molecule has 0 aliphatic heterocycles. The number of halogens is 3. The van der Waals surface area contributed by atoms with Gasteiger partial charge in [-0.25, -0.2) is 9.97 Å². The number of hydrogen-bond donors (Lipinski definition) is 0. The standard InChI is InChI=1S/C14H10F3N3O2/c1-21-7-8-5-18-3-2-10(8)12-20-11-4-9(14(15,16)17)6-19-13(11)22-12/h2-6H,7H2,1H3. The van der Waals surface area contributed by atoms with Gasteiger partial charge in [0, 0.05) is 36.8 Å². The highest BCUT2D eigenvalue weighted by molar-refractivity contribution is 5.74. The highest BCUT2D eigenvalue weighted by Crippen LogP contribution is 2.32. The summed E-state index contributed by atoms with van der Waals surface area (Å²) < 4.78 is 48.6. The molecular formula is C14H10F3N3O2. The van der Waals surface area contributed by atoms with Gasteiger partial charge in [-0.1, -0.05) is 0 Å². The van der Waals surface area contributed by atoms with Gasteiger partial charge in [0.1, 0.15) is 5.52 Å². The SMILES string of the molecule is COCc1cnccc1-c1nc2cc(C(F)(F)F)cnc2o1. The number of aromatic nitrogens is 3. The number of alkyl halides is 3. The van der Waals surface area contributed by atoms with Crippen LogP contribution in [-0.4, -0.2) is 22.1 Å². The highest BCUT2D eigenvalue weighted by atomic mass is 19.4. The third-order valence-corrected chi connectivity index (χ3v) is 3.01. The van der Waals surface area contributed by atoms with E-state index in [0.29, 0.717) is 11.1 Å². The number of oxazole rings is 1. The topological polar surface area (TPSA) is 61.0 Å². The van der Waals surface area contributed by atoms with Gasteiger partial charge in [0.15, 0.2) is 0 Å². The van der Waals surface area contributed by atoms with E-state index in [9.17, 15) is 13.2 Å². The molecule has 0 aromatic carbocycles. The summed E-state index contributed by atoms with van der Waals surface area (Å²) in [6.45, 7) is 0.281. The minimum Gasteiger partial charge on any atom is -0.418 e. The second-order valence-corrected chi connectivity index (χ2v) is 4.53. The van der Waals surface area contributed by atoms with Crippen LogP contribution in [0.3, 0.4) is 0 Å². The van der Waals surface area contributed by atoms with E-state index >= 15 is 0 Å². The molecule has 8 heteroatoms. The van der Waals surface area contributed by atoms with Gasteiger partial charge in [-0.3, -0.25) is 4.98 Å². The lowest BCUT2D eigenvalue weighted by Gasteiger charge is -2.03. The number of rotatable bonds is 3. The van der Waals surface area contributed by atoms with Gasteiger partial charge in [-0.2, -0.15) is 13.2 Å². The van der Waals surface area contributed by atoms with Crippen molar-refractivity contribution in [1.29, 1.82) is 0 Å². The zero-order valence-electron chi connectivity index (χ0n) is 11.4. The van der Waals surface area contributed by atoms with E-state index < -0.39 is 11.7 Å². The van der Waals surface area contributed by atoms with Crippen LogP contribution in [0, 0.1) is 0 Å². The Morgan fingerprint density at radius 1 is 1.27 bits per heavy atom. The number of nitrogens with zero attached hydrogens (tertiary/aromatic N) is 3. The molecule has 3 aromatic rings. The molecule has 0 bridgehead atoms. The van der Waals surface area contributed by atoms with Crippen LogP contribution in [-0.2, 0) is 17.5 Å². The Morgan fingerprint density at radius 2 is 2.09 bits per heavy atom. The Bertz CT molecular complexity index is 814. The first-order chi connectivity index (χ1) is 10.5. The molecule has 0 unspecified atom stereocenters. The van der Waals surface area contributed by atoms with Crippen molar-refractivity contribution in [3.8, 4) is 11.5 Å². The monoisotopic (exact) mass is 309 g/mol. The molecule has 0 amide bonds. The molecule has 22 heavy (non-hydrogen) atoms. The lowest BCUT2D eigenvalue weighted by Crippen LogP contribution is -2.04. The molecule has 0 saturated carbocycles. The maximum absolute atomic E-state index is 12.7. The average molecular weight is 309 g/mol. The molecule has 0 aliphatic carbocycles. The van der Waals surface area contributed by atoms with Crippen molar-refractivity contribution in [2.24, 2.45) is 0 Å². The molecule has 5 nitrogen and oxygen atoms in total. The van der Waals surface area contributed by atoms with E-state index in [1.165, 1.54) is 13.3 Å². The second kappa shape index (κ2) is 5.38. The zero-order valence-corrected chi connectivity index (χ0v) is 11.4. The van der Waals surface area contributed by atoms with Gasteiger partial charge in [0.25, 0.3) is 0 Å². The van der Waals surface area contributed by atoms with Gasteiger partial charge in [0.2, 0.25) is 11.6 Å². The molecule has 0 saturated heterocycles. The summed E-state index contributed by atoms with van der Waals surface area (Å²) in [5.41, 5.74) is 0.538. The van der Waals surface area contributed by atoms with E-state index in [1.54, 1.807) is 12.3 Å². The fraction of sp³-hybridized carbons (Fsp3) is 0.214. The highest BCUT2D eigenvalue weighted by Gasteiger charge is 2.31. The number of methoxy groups -OCH3 is 1. The van der Waals surface area contributed by atoms with Crippen molar-refractivity contribution in [2.45, 2.75) is 12.8 Å². The molecule has 3 rings (SSSR count). The lowest BCUT2D eigenvalue weighted by atomic mass is 10.1. The van der Waals surface area contributed by atoms with Crippen LogP contribution in [0.1, 0.15) is 11.1 Å². The van der Waals surface area contributed by atoms with E-state index in [1.807, 2.05) is 0 Å². The number of pyridine rings is 2. The Balaban J connectivity index is 2.09. The molecule has 114 valence electrons. The molecule has 0 spiro atoms. The summed E-state index contributed by atoms with van der Waals surface area (Å²) in [6.07, 6.45) is -0.627. The maximum Gasteiger partial charge on any atom is 0.417 e. The quantitative estimate of drug-likeness (QED) is 0.741. The first-order valence-electron chi connectivity index (χ1n) is 6.25. The first-order valence-corrected chi connectivity index (χ1v) is 6.25. The van der Waals surface area contributed by atoms with Crippen LogP contribution in [0.25, 0.3) is 22.7 Å². The Morgan fingerprint density at radius 3 is 2.82 bits per heavy atom. The van der Waals surface area contributed by atoms with Gasteiger partial charge in [0.05, 0.1) is 12.2 Å². The van der Waals surface area contributed by atoms with Crippen molar-refractivity contribution in [2.75, 3.05) is 7.11 Å². The maximum atomic E-state index is 12.7. The largest absolute Gasteiger partial charge is 0.418 e. The molecule has 3 aromatic heterocycles. The van der Waals surface area contributed by atoms with E-state index in [4.69, 9.17) is 9.15 Å². The summed E-state index contributed by atoms with van der Waals surface area (Å²) in [6, 6.07) is 2.57. The summed E-state index contributed by atoms with van der Waals surface area (Å²) in [5, 5.41) is 0. The fourth-order valence-electron chi connectivity index (χ4n) is 2.00. The minimum absolute atomic E-state index is 0.0446. The van der Waals surface area contributed by atoms with Crippen LogP contribution < -0.4 is 0 Å². The van der Waals surface area contributed by atoms with E-state index in [0.717, 1.165) is 12.3 Å². The lowest BCUT2D eigenvalue weighted by molar-refractivity contribution is -0.137. The van der Waals surface area contributed by atoms with E-state index in [2.05, 4.69) is 15.0 Å². The van der Waals surface area contributed by atoms with Gasteiger partial charge in [-0.05, 0) is 12.1 Å². The molecule has 0 aliphatic rings. The van der Waals surface area contributed by atoms with Crippen LogP contribution in [0.15, 0.2) is 35.1 Å². The van der Waals surface area contributed by atoms with Crippen molar-refractivity contribution < 1.29 is 22.3 Å². The van der Waals surface area contributed by atoms with E-state index in [-0.39, 0.29) is 23.7 Å². The predicted octanol–water partition coefficient (Wildman–Crippen LogP) is 3.45. The molecule has 3 heterocycles. The van der Waals surface area contributed by atoms with Crippen LogP contribution in [0.5, 0.6) is 0 Å². The summed E-state index contributed by atoms with van der Waals surface area (Å²) in [7, 11) is 1.53. The van der Waals surface area contributed by atoms with Gasteiger partial charge < -0.3 is 9.15 Å². The smallest absolute Gasteiger partial charge is 0.417 e. The zero-order chi connectivity index (χ0) is 15.7. The Labute approximate surface area is 122 Å². The molecule has 0 fully saturated rings. The summed E-state index contributed by atoms with van der Waals surface area (Å²) in [5.74, 6) is 0.177. The summed E-state index contributed by atoms with van der Waals surface area (Å²) >= 11 is 0. The summed E-state index contributed by atoms with van der Waals surface area (Å²) in [4.78, 5) is 11.7. The van der Waals surface area contributed by atoms with Crippen LogP contribution >= 0.6 is 0 Å². The minimum atomic E-state index is -4.47. The Hall–Kier alpha value is -2.48. The van der Waals surface area contributed by atoms with Crippen molar-refractivity contribution in [3.05, 3.63) is 41.9 Å². The number of ether oxygens (including phenoxy) is 1. The predicted molar refractivity (Wildman–Crippen MR) is 70.8 cm³/mol. The van der Waals surface area contributed by atoms with Gasteiger partial charge >= 0.3 is 6.18 Å². The van der Waals surface area contributed by atoms with Crippen molar-refractivity contribution in [3.63, 3.8) is 0 Å². The van der Waals surface area contributed by atoms with Gasteiger partial charge in [-0.15, -0.1) is 0 Å². The number of hydrogen-bond acceptors (Lipinski definition) is 5. The normalized spacial score (nSPS) is 12.0. The molecule has 0 radical (unpaired) electrons. The fourth-order valence-corrected chi connectivity index (χ4v) is 2.00. The third-order valence-electron chi connectivity index (χ3n) is 3.01. The molecular weight excluding hydrogens is 299 g/mol.